The standard InChI is InChI=1S/C32H24BrF3N2O4/c33-26-15-9-20(10-16-26)18-28(31(41)42)38-30(40)27(19-21-5-4-8-25(17-21)32(34,35)36)37-29(39)24-13-11-23(12-14-24)22-6-2-1-3-7-22/h1-17,19,28H,18H2,(H,37,39)(H,38,40)(H,41,42). The maximum atomic E-state index is 13.3. The topological polar surface area (TPSA) is 95.5 Å². The van der Waals surface area contributed by atoms with E-state index in [1.54, 1.807) is 48.5 Å². The monoisotopic (exact) mass is 636 g/mol. The molecule has 0 spiro atoms. The minimum atomic E-state index is -4.63. The third-order valence-corrected chi connectivity index (χ3v) is 6.76. The maximum absolute atomic E-state index is 13.3. The second-order valence-corrected chi connectivity index (χ2v) is 10.2. The predicted molar refractivity (Wildman–Crippen MR) is 156 cm³/mol. The Labute approximate surface area is 248 Å². The number of amides is 2. The van der Waals surface area contributed by atoms with E-state index < -0.39 is 41.3 Å². The average molecular weight is 637 g/mol. The molecule has 0 saturated carbocycles. The first kappa shape index (κ1) is 30.3. The van der Waals surface area contributed by atoms with Crippen molar-refractivity contribution in [2.45, 2.75) is 18.6 Å². The summed E-state index contributed by atoms with van der Waals surface area (Å²) in [5.74, 6) is -3.01. The van der Waals surface area contributed by atoms with E-state index in [4.69, 9.17) is 0 Å². The van der Waals surface area contributed by atoms with E-state index in [-0.39, 0.29) is 17.5 Å². The van der Waals surface area contributed by atoms with Crippen molar-refractivity contribution in [2.75, 3.05) is 0 Å². The molecule has 4 aromatic rings. The van der Waals surface area contributed by atoms with E-state index in [2.05, 4.69) is 26.6 Å². The zero-order valence-electron chi connectivity index (χ0n) is 21.9. The molecule has 0 aromatic heterocycles. The van der Waals surface area contributed by atoms with Crippen molar-refractivity contribution >= 4 is 39.8 Å². The Morgan fingerprint density at radius 3 is 2.10 bits per heavy atom. The average Bonchev–Trinajstić information content (AvgIpc) is 2.97. The van der Waals surface area contributed by atoms with Crippen LogP contribution in [0.1, 0.15) is 27.0 Å². The van der Waals surface area contributed by atoms with E-state index in [1.165, 1.54) is 12.1 Å². The Hall–Kier alpha value is -4.70. The van der Waals surface area contributed by atoms with Crippen LogP contribution in [0.5, 0.6) is 0 Å². The summed E-state index contributed by atoms with van der Waals surface area (Å²) in [5.41, 5.74) is 1.20. The van der Waals surface area contributed by atoms with Crippen LogP contribution in [0.4, 0.5) is 13.2 Å². The number of carbonyl (C=O) groups is 3. The van der Waals surface area contributed by atoms with Crippen LogP contribution in [0.15, 0.2) is 113 Å². The first-order chi connectivity index (χ1) is 20.0. The number of hydrogen-bond acceptors (Lipinski definition) is 3. The van der Waals surface area contributed by atoms with Gasteiger partial charge in [-0.1, -0.05) is 82.7 Å². The largest absolute Gasteiger partial charge is 0.480 e. The van der Waals surface area contributed by atoms with Crippen molar-refractivity contribution in [1.29, 1.82) is 0 Å². The van der Waals surface area contributed by atoms with Crippen LogP contribution in [0.3, 0.4) is 0 Å². The molecule has 1 atom stereocenters. The smallest absolute Gasteiger partial charge is 0.416 e. The van der Waals surface area contributed by atoms with Gasteiger partial charge < -0.3 is 15.7 Å². The molecule has 0 fully saturated rings. The van der Waals surface area contributed by atoms with Gasteiger partial charge in [0.1, 0.15) is 11.7 Å². The Morgan fingerprint density at radius 1 is 0.833 bits per heavy atom. The maximum Gasteiger partial charge on any atom is 0.416 e. The highest BCUT2D eigenvalue weighted by atomic mass is 79.9. The lowest BCUT2D eigenvalue weighted by Crippen LogP contribution is -2.45. The molecule has 0 aliphatic rings. The Morgan fingerprint density at radius 2 is 1.48 bits per heavy atom. The van der Waals surface area contributed by atoms with Gasteiger partial charge in [-0.25, -0.2) is 4.79 Å². The molecule has 3 N–H and O–H groups in total. The van der Waals surface area contributed by atoms with Gasteiger partial charge in [0.15, 0.2) is 0 Å². The van der Waals surface area contributed by atoms with Gasteiger partial charge in [0, 0.05) is 16.5 Å². The summed E-state index contributed by atoms with van der Waals surface area (Å²) in [4.78, 5) is 38.4. The SMILES string of the molecule is O=C(NC(Cc1ccc(Br)cc1)C(=O)O)C(=Cc1cccc(C(F)(F)F)c1)NC(=O)c1ccc(-c2ccccc2)cc1. The Balaban J connectivity index is 1.62. The van der Waals surface area contributed by atoms with Gasteiger partial charge in [0.25, 0.3) is 11.8 Å². The molecule has 0 radical (unpaired) electrons. The van der Waals surface area contributed by atoms with Crippen LogP contribution in [0.25, 0.3) is 17.2 Å². The number of carboxylic acids is 1. The second kappa shape index (κ2) is 13.3. The summed E-state index contributed by atoms with van der Waals surface area (Å²) in [7, 11) is 0. The van der Waals surface area contributed by atoms with Crippen LogP contribution < -0.4 is 10.6 Å². The fourth-order valence-corrected chi connectivity index (χ4v) is 4.33. The summed E-state index contributed by atoms with van der Waals surface area (Å²) in [5, 5.41) is 14.6. The summed E-state index contributed by atoms with van der Waals surface area (Å²) in [6, 6.07) is 25.6. The highest BCUT2D eigenvalue weighted by Crippen LogP contribution is 2.30. The van der Waals surface area contributed by atoms with Gasteiger partial charge in [-0.3, -0.25) is 9.59 Å². The molecule has 4 rings (SSSR count). The van der Waals surface area contributed by atoms with Gasteiger partial charge >= 0.3 is 12.1 Å². The number of carboxylic acid groups (broad SMARTS) is 1. The summed E-state index contributed by atoms with van der Waals surface area (Å²) >= 11 is 3.30. The zero-order valence-corrected chi connectivity index (χ0v) is 23.4. The number of hydrogen-bond donors (Lipinski definition) is 3. The lowest BCUT2D eigenvalue weighted by Gasteiger charge is -2.17. The Kier molecular flexibility index (Phi) is 9.59. The van der Waals surface area contributed by atoms with Gasteiger partial charge in [-0.05, 0) is 64.7 Å². The van der Waals surface area contributed by atoms with Gasteiger partial charge in [0.2, 0.25) is 0 Å². The molecule has 4 aromatic carbocycles. The summed E-state index contributed by atoms with van der Waals surface area (Å²) in [6.45, 7) is 0. The molecule has 0 bridgehead atoms. The normalized spacial score (nSPS) is 12.3. The van der Waals surface area contributed by atoms with Crippen LogP contribution in [0, 0.1) is 0 Å². The molecule has 0 aliphatic heterocycles. The molecule has 214 valence electrons. The van der Waals surface area contributed by atoms with E-state index in [0.29, 0.717) is 5.56 Å². The molecule has 10 heteroatoms. The first-order valence-corrected chi connectivity index (χ1v) is 13.4. The van der Waals surface area contributed by atoms with Crippen LogP contribution in [0.2, 0.25) is 0 Å². The van der Waals surface area contributed by atoms with E-state index >= 15 is 0 Å². The fourth-order valence-electron chi connectivity index (χ4n) is 4.06. The molecule has 0 aliphatic carbocycles. The first-order valence-electron chi connectivity index (χ1n) is 12.6. The van der Waals surface area contributed by atoms with Crippen molar-refractivity contribution < 1.29 is 32.7 Å². The van der Waals surface area contributed by atoms with Gasteiger partial charge in [0.05, 0.1) is 5.56 Å². The van der Waals surface area contributed by atoms with Crippen molar-refractivity contribution in [3.05, 3.63) is 136 Å². The third kappa shape index (κ3) is 8.17. The molecular weight excluding hydrogens is 613 g/mol. The lowest BCUT2D eigenvalue weighted by molar-refractivity contribution is -0.141. The fraction of sp³-hybridized carbons (Fsp3) is 0.0938. The number of nitrogens with one attached hydrogen (secondary N) is 2. The molecule has 6 nitrogen and oxygen atoms in total. The van der Waals surface area contributed by atoms with Crippen LogP contribution >= 0.6 is 15.9 Å². The third-order valence-electron chi connectivity index (χ3n) is 6.23. The van der Waals surface area contributed by atoms with Crippen molar-refractivity contribution in [1.82, 2.24) is 10.6 Å². The molecular formula is C32H24BrF3N2O4. The predicted octanol–water partition coefficient (Wildman–Crippen LogP) is 6.72. The van der Waals surface area contributed by atoms with Gasteiger partial charge in [-0.15, -0.1) is 0 Å². The lowest BCUT2D eigenvalue weighted by atomic mass is 10.0. The van der Waals surface area contributed by atoms with E-state index in [9.17, 15) is 32.7 Å². The zero-order chi connectivity index (χ0) is 30.3. The van der Waals surface area contributed by atoms with Crippen LogP contribution in [-0.2, 0) is 22.2 Å². The highest BCUT2D eigenvalue weighted by Gasteiger charge is 2.30. The number of aliphatic carboxylic acids is 1. The van der Waals surface area contributed by atoms with E-state index in [1.807, 2.05) is 30.3 Å². The van der Waals surface area contributed by atoms with Crippen molar-refractivity contribution in [3.8, 4) is 11.1 Å². The number of benzene rings is 4. The number of halogens is 4. The van der Waals surface area contributed by atoms with Crippen molar-refractivity contribution in [3.63, 3.8) is 0 Å². The molecule has 42 heavy (non-hydrogen) atoms. The quantitative estimate of drug-likeness (QED) is 0.178. The number of carbonyl (C=O) groups excluding carboxylic acids is 2. The highest BCUT2D eigenvalue weighted by molar-refractivity contribution is 9.10. The van der Waals surface area contributed by atoms with Gasteiger partial charge in [-0.2, -0.15) is 13.2 Å². The van der Waals surface area contributed by atoms with Crippen LogP contribution in [-0.4, -0.2) is 28.9 Å². The molecule has 1 unspecified atom stereocenters. The second-order valence-electron chi connectivity index (χ2n) is 9.27. The van der Waals surface area contributed by atoms with Crippen molar-refractivity contribution in [2.24, 2.45) is 0 Å². The van der Waals surface area contributed by atoms with E-state index in [0.717, 1.165) is 33.8 Å². The Bertz CT molecular complexity index is 1600. The summed E-state index contributed by atoms with van der Waals surface area (Å²) in [6.07, 6.45) is -3.63. The molecule has 0 heterocycles. The number of alkyl halides is 3. The minimum Gasteiger partial charge on any atom is -0.480 e. The molecule has 2 amide bonds. The molecule has 0 saturated heterocycles. The number of rotatable bonds is 9. The minimum absolute atomic E-state index is 0.0190. The summed E-state index contributed by atoms with van der Waals surface area (Å²) < 4.78 is 40.7.